The second kappa shape index (κ2) is 3.45. The van der Waals surface area contributed by atoms with Crippen LogP contribution in [0.5, 0.6) is 0 Å². The summed E-state index contributed by atoms with van der Waals surface area (Å²) < 4.78 is 0. The summed E-state index contributed by atoms with van der Waals surface area (Å²) in [4.78, 5) is 11.1. The third kappa shape index (κ3) is 1.32. The maximum atomic E-state index is 5.72. The van der Waals surface area contributed by atoms with Gasteiger partial charge in [0.15, 0.2) is 0 Å². The van der Waals surface area contributed by atoms with Gasteiger partial charge in [-0.1, -0.05) is 0 Å². The van der Waals surface area contributed by atoms with Gasteiger partial charge in [0.2, 0.25) is 0 Å². The van der Waals surface area contributed by atoms with Crippen LogP contribution in [-0.2, 0) is 12.8 Å². The zero-order valence-electron chi connectivity index (χ0n) is 8.82. The smallest absolute Gasteiger partial charge is 0.135 e. The van der Waals surface area contributed by atoms with Gasteiger partial charge >= 0.3 is 0 Å². The van der Waals surface area contributed by atoms with Crippen molar-refractivity contribution < 1.29 is 0 Å². The Labute approximate surface area is 89.5 Å². The lowest BCUT2D eigenvalue weighted by atomic mass is 10.0. The molecule has 1 aliphatic carbocycles. The minimum atomic E-state index is 0.504. The molecular weight excluding hydrogens is 188 g/mol. The highest BCUT2D eigenvalue weighted by Gasteiger charge is 2.31. The number of aryl methyl sites for hydroxylation is 1. The fraction of sp³-hybridized carbons (Fsp3) is 0.636. The second-order valence-corrected chi connectivity index (χ2v) is 4.35. The Hall–Kier alpha value is -1.16. The largest absolute Gasteiger partial charge is 0.352 e. The highest BCUT2D eigenvalue weighted by atomic mass is 15.3. The molecule has 1 atom stereocenters. The number of hydrogen-bond acceptors (Lipinski definition) is 4. The predicted molar refractivity (Wildman–Crippen MR) is 58.9 cm³/mol. The van der Waals surface area contributed by atoms with Gasteiger partial charge in [0.05, 0.1) is 0 Å². The molecular formula is C11H16N4. The van der Waals surface area contributed by atoms with E-state index in [-0.39, 0.29) is 0 Å². The molecule has 1 unspecified atom stereocenters. The Balaban J connectivity index is 1.95. The summed E-state index contributed by atoms with van der Waals surface area (Å²) >= 11 is 0. The molecule has 2 heterocycles. The number of anilines is 1. The average molecular weight is 204 g/mol. The van der Waals surface area contributed by atoms with Crippen LogP contribution >= 0.6 is 0 Å². The molecule has 0 radical (unpaired) electrons. The molecule has 1 fully saturated rings. The summed E-state index contributed by atoms with van der Waals surface area (Å²) in [5, 5.41) is 0. The molecule has 0 aromatic carbocycles. The van der Waals surface area contributed by atoms with Crippen molar-refractivity contribution in [2.75, 3.05) is 18.0 Å². The van der Waals surface area contributed by atoms with Crippen LogP contribution in [0.15, 0.2) is 6.33 Å². The molecule has 1 aromatic rings. The lowest BCUT2D eigenvalue weighted by Gasteiger charge is -2.42. The SMILES string of the molecule is NCC1CCN1c1ncnc2c1CCC2. The highest BCUT2D eigenvalue weighted by molar-refractivity contribution is 5.53. The first-order valence-corrected chi connectivity index (χ1v) is 5.69. The number of fused-ring (bicyclic) bond motifs is 1. The monoisotopic (exact) mass is 204 g/mol. The molecule has 4 heteroatoms. The summed E-state index contributed by atoms with van der Waals surface area (Å²) in [6.45, 7) is 1.84. The lowest BCUT2D eigenvalue weighted by Crippen LogP contribution is -2.52. The van der Waals surface area contributed by atoms with E-state index in [1.54, 1.807) is 6.33 Å². The van der Waals surface area contributed by atoms with E-state index in [1.165, 1.54) is 24.1 Å². The number of rotatable bonds is 2. The van der Waals surface area contributed by atoms with Gasteiger partial charge in [-0.3, -0.25) is 0 Å². The van der Waals surface area contributed by atoms with E-state index in [9.17, 15) is 0 Å². The lowest BCUT2D eigenvalue weighted by molar-refractivity contribution is 0.450. The van der Waals surface area contributed by atoms with Crippen molar-refractivity contribution >= 4 is 5.82 Å². The molecule has 1 saturated heterocycles. The van der Waals surface area contributed by atoms with Crippen LogP contribution in [0, 0.1) is 0 Å². The first-order chi connectivity index (χ1) is 7.40. The zero-order valence-corrected chi connectivity index (χ0v) is 8.82. The standard InChI is InChI=1S/C11H16N4/c12-6-8-4-5-15(8)11-9-2-1-3-10(9)13-7-14-11/h7-8H,1-6,12H2. The van der Waals surface area contributed by atoms with E-state index < -0.39 is 0 Å². The number of nitrogens with two attached hydrogens (primary N) is 1. The van der Waals surface area contributed by atoms with Crippen molar-refractivity contribution in [2.24, 2.45) is 5.73 Å². The van der Waals surface area contributed by atoms with Crippen molar-refractivity contribution in [2.45, 2.75) is 31.7 Å². The van der Waals surface area contributed by atoms with E-state index in [0.717, 1.165) is 31.7 Å². The third-order valence-corrected chi connectivity index (χ3v) is 3.54. The van der Waals surface area contributed by atoms with Crippen LogP contribution in [0.25, 0.3) is 0 Å². The Kier molecular flexibility index (Phi) is 2.09. The number of hydrogen-bond donors (Lipinski definition) is 1. The summed E-state index contributed by atoms with van der Waals surface area (Å²) in [6.07, 6.45) is 6.38. The summed E-state index contributed by atoms with van der Waals surface area (Å²) in [6, 6.07) is 0.504. The number of aromatic nitrogens is 2. The molecule has 1 aliphatic heterocycles. The molecule has 0 bridgehead atoms. The van der Waals surface area contributed by atoms with Crippen molar-refractivity contribution in [3.05, 3.63) is 17.6 Å². The first-order valence-electron chi connectivity index (χ1n) is 5.69. The van der Waals surface area contributed by atoms with Crippen LogP contribution in [-0.4, -0.2) is 29.1 Å². The maximum absolute atomic E-state index is 5.72. The summed E-state index contributed by atoms with van der Waals surface area (Å²) in [5.41, 5.74) is 8.35. The van der Waals surface area contributed by atoms with E-state index in [1.807, 2.05) is 0 Å². The van der Waals surface area contributed by atoms with Gasteiger partial charge in [-0.15, -0.1) is 0 Å². The van der Waals surface area contributed by atoms with Crippen LogP contribution in [0.1, 0.15) is 24.1 Å². The maximum Gasteiger partial charge on any atom is 0.135 e. The van der Waals surface area contributed by atoms with Gasteiger partial charge in [-0.05, 0) is 25.7 Å². The van der Waals surface area contributed by atoms with Gasteiger partial charge in [-0.25, -0.2) is 9.97 Å². The van der Waals surface area contributed by atoms with Crippen LogP contribution in [0.4, 0.5) is 5.82 Å². The summed E-state index contributed by atoms with van der Waals surface area (Å²) in [7, 11) is 0. The quantitative estimate of drug-likeness (QED) is 0.762. The molecule has 15 heavy (non-hydrogen) atoms. The molecule has 3 rings (SSSR count). The Morgan fingerprint density at radius 1 is 1.40 bits per heavy atom. The second-order valence-electron chi connectivity index (χ2n) is 4.35. The van der Waals surface area contributed by atoms with Crippen molar-refractivity contribution in [3.63, 3.8) is 0 Å². The van der Waals surface area contributed by atoms with E-state index in [4.69, 9.17) is 5.73 Å². The molecule has 80 valence electrons. The van der Waals surface area contributed by atoms with Crippen molar-refractivity contribution in [1.29, 1.82) is 0 Å². The minimum Gasteiger partial charge on any atom is -0.352 e. The fourth-order valence-electron chi connectivity index (χ4n) is 2.55. The van der Waals surface area contributed by atoms with Crippen molar-refractivity contribution in [3.8, 4) is 0 Å². The average Bonchev–Trinajstić information content (AvgIpc) is 2.65. The van der Waals surface area contributed by atoms with Gasteiger partial charge in [-0.2, -0.15) is 0 Å². The predicted octanol–water partition coefficient (Wildman–Crippen LogP) is 0.503. The normalized spacial score (nSPS) is 23.8. The molecule has 2 aliphatic rings. The molecule has 4 nitrogen and oxygen atoms in total. The summed E-state index contributed by atoms with van der Waals surface area (Å²) in [5.74, 6) is 1.15. The van der Waals surface area contributed by atoms with Crippen molar-refractivity contribution in [1.82, 2.24) is 9.97 Å². The Bertz CT molecular complexity index is 375. The molecule has 0 saturated carbocycles. The molecule has 1 aromatic heterocycles. The molecule has 0 spiro atoms. The van der Waals surface area contributed by atoms with Crippen LogP contribution in [0.3, 0.4) is 0 Å². The van der Waals surface area contributed by atoms with Gasteiger partial charge in [0, 0.05) is 30.4 Å². The highest BCUT2D eigenvalue weighted by Crippen LogP contribution is 2.32. The first kappa shape index (κ1) is 9.09. The van der Waals surface area contributed by atoms with E-state index in [0.29, 0.717) is 6.04 Å². The zero-order chi connectivity index (χ0) is 10.3. The van der Waals surface area contributed by atoms with E-state index >= 15 is 0 Å². The van der Waals surface area contributed by atoms with E-state index in [2.05, 4.69) is 14.9 Å². The fourth-order valence-corrected chi connectivity index (χ4v) is 2.55. The van der Waals surface area contributed by atoms with Crippen LogP contribution in [0.2, 0.25) is 0 Å². The third-order valence-electron chi connectivity index (χ3n) is 3.54. The number of nitrogens with zero attached hydrogens (tertiary/aromatic N) is 3. The topological polar surface area (TPSA) is 55.0 Å². The Morgan fingerprint density at radius 2 is 2.33 bits per heavy atom. The minimum absolute atomic E-state index is 0.504. The van der Waals surface area contributed by atoms with Gasteiger partial charge in [0.25, 0.3) is 0 Å². The van der Waals surface area contributed by atoms with Gasteiger partial charge < -0.3 is 10.6 Å². The van der Waals surface area contributed by atoms with Crippen LogP contribution < -0.4 is 10.6 Å². The molecule has 2 N–H and O–H groups in total. The Morgan fingerprint density at radius 3 is 3.07 bits per heavy atom. The molecule has 0 amide bonds. The van der Waals surface area contributed by atoms with Gasteiger partial charge in [0.1, 0.15) is 12.1 Å².